The lowest BCUT2D eigenvalue weighted by atomic mass is 10.4. The Morgan fingerprint density at radius 2 is 2.15 bits per heavy atom. The molecule has 12 heteroatoms. The first-order valence-electron chi connectivity index (χ1n) is 7.82. The van der Waals surface area contributed by atoms with Crippen molar-refractivity contribution in [2.24, 2.45) is 7.05 Å². The van der Waals surface area contributed by atoms with Crippen molar-refractivity contribution in [3.8, 4) is 11.6 Å². The van der Waals surface area contributed by atoms with Crippen LogP contribution >= 0.6 is 23.1 Å². The molecule has 0 aromatic carbocycles. The van der Waals surface area contributed by atoms with Crippen LogP contribution < -0.4 is 11.4 Å². The van der Waals surface area contributed by atoms with Crippen LogP contribution in [-0.2, 0) is 12.8 Å². The Kier molecular flexibility index (Phi) is 3.55. The molecule has 0 aliphatic carbocycles. The highest BCUT2D eigenvalue weighted by Gasteiger charge is 2.18. The quantitative estimate of drug-likeness (QED) is 0.356. The van der Waals surface area contributed by atoms with E-state index in [1.807, 2.05) is 15.8 Å². The van der Waals surface area contributed by atoms with Crippen LogP contribution in [0.25, 0.3) is 27.6 Å². The van der Waals surface area contributed by atoms with Gasteiger partial charge < -0.3 is 10.3 Å². The standard InChI is InChI=1S/C15H12N8O2S2/c1-21-13(24)11-8(4-6-26-11)22-10(17-19-14(21)22)7-27-15-20-18-12(23(15)16)9-3-2-5-25-9/h2-6H,7,16H2,1H3. The monoisotopic (exact) mass is 400 g/mol. The number of hydrogen-bond acceptors (Lipinski definition) is 9. The summed E-state index contributed by atoms with van der Waals surface area (Å²) in [5.41, 5.74) is 0.716. The lowest BCUT2D eigenvalue weighted by Crippen LogP contribution is -2.19. The number of thiophene rings is 1. The zero-order chi connectivity index (χ0) is 18.5. The van der Waals surface area contributed by atoms with Crippen molar-refractivity contribution < 1.29 is 4.42 Å². The van der Waals surface area contributed by atoms with E-state index in [2.05, 4.69) is 20.4 Å². The molecule has 5 aromatic rings. The maximum absolute atomic E-state index is 12.4. The Bertz CT molecular complexity index is 1330. The summed E-state index contributed by atoms with van der Waals surface area (Å²) in [7, 11) is 1.69. The smallest absolute Gasteiger partial charge is 0.272 e. The summed E-state index contributed by atoms with van der Waals surface area (Å²) in [6, 6.07) is 5.42. The van der Waals surface area contributed by atoms with Crippen LogP contribution in [0.4, 0.5) is 0 Å². The van der Waals surface area contributed by atoms with Gasteiger partial charge in [-0.1, -0.05) is 11.8 Å². The number of furan rings is 1. The average molecular weight is 400 g/mol. The fourth-order valence-electron chi connectivity index (χ4n) is 2.82. The zero-order valence-electron chi connectivity index (χ0n) is 13.9. The predicted molar refractivity (Wildman–Crippen MR) is 101 cm³/mol. The van der Waals surface area contributed by atoms with Gasteiger partial charge in [0.05, 0.1) is 17.5 Å². The van der Waals surface area contributed by atoms with Gasteiger partial charge in [-0.05, 0) is 23.6 Å². The number of nitrogen functional groups attached to an aromatic ring is 1. The Labute approximate surface area is 159 Å². The van der Waals surface area contributed by atoms with E-state index in [1.165, 1.54) is 32.3 Å². The van der Waals surface area contributed by atoms with Gasteiger partial charge in [0.2, 0.25) is 16.8 Å². The number of hydrogen-bond donors (Lipinski definition) is 1. The van der Waals surface area contributed by atoms with Crippen LogP contribution in [0, 0.1) is 0 Å². The third-order valence-corrected chi connectivity index (χ3v) is 5.96. The molecular formula is C15H12N8O2S2. The van der Waals surface area contributed by atoms with Crippen LogP contribution in [0.3, 0.4) is 0 Å². The van der Waals surface area contributed by atoms with Crippen molar-refractivity contribution in [1.82, 2.24) is 34.0 Å². The van der Waals surface area contributed by atoms with Gasteiger partial charge in [0.1, 0.15) is 10.5 Å². The van der Waals surface area contributed by atoms with Crippen molar-refractivity contribution in [2.45, 2.75) is 10.9 Å². The molecule has 136 valence electrons. The third kappa shape index (κ3) is 2.37. The lowest BCUT2D eigenvalue weighted by molar-refractivity contribution is 0.574. The molecule has 2 N–H and O–H groups in total. The second-order valence-corrected chi connectivity index (χ2v) is 7.55. The van der Waals surface area contributed by atoms with Crippen molar-refractivity contribution >= 4 is 39.1 Å². The van der Waals surface area contributed by atoms with E-state index >= 15 is 0 Å². The highest BCUT2D eigenvalue weighted by molar-refractivity contribution is 7.98. The summed E-state index contributed by atoms with van der Waals surface area (Å²) in [5, 5.41) is 19.0. The summed E-state index contributed by atoms with van der Waals surface area (Å²) in [6.07, 6.45) is 1.55. The summed E-state index contributed by atoms with van der Waals surface area (Å²) >= 11 is 2.77. The van der Waals surface area contributed by atoms with E-state index in [-0.39, 0.29) is 5.56 Å². The van der Waals surface area contributed by atoms with Gasteiger partial charge in [-0.25, -0.2) is 4.68 Å². The Balaban J connectivity index is 1.52. The van der Waals surface area contributed by atoms with Gasteiger partial charge >= 0.3 is 0 Å². The van der Waals surface area contributed by atoms with Crippen LogP contribution in [0.1, 0.15) is 5.82 Å². The van der Waals surface area contributed by atoms with E-state index in [9.17, 15) is 4.79 Å². The van der Waals surface area contributed by atoms with Gasteiger partial charge in [0, 0.05) is 7.05 Å². The molecule has 5 aromatic heterocycles. The molecule has 0 bridgehead atoms. The number of nitrogens with zero attached hydrogens (tertiary/aromatic N) is 7. The van der Waals surface area contributed by atoms with Crippen LogP contribution in [0.5, 0.6) is 0 Å². The van der Waals surface area contributed by atoms with E-state index in [1.54, 1.807) is 25.4 Å². The Hall–Kier alpha value is -3.12. The molecular weight excluding hydrogens is 388 g/mol. The normalized spacial score (nSPS) is 11.7. The molecule has 0 unspecified atom stereocenters. The second kappa shape index (κ2) is 5.96. The second-order valence-electron chi connectivity index (χ2n) is 5.69. The van der Waals surface area contributed by atoms with E-state index in [4.69, 9.17) is 10.3 Å². The maximum atomic E-state index is 12.4. The predicted octanol–water partition coefficient (Wildman–Crippen LogP) is 1.50. The number of aryl methyl sites for hydroxylation is 1. The molecule has 0 aliphatic heterocycles. The maximum Gasteiger partial charge on any atom is 0.272 e. The van der Waals surface area contributed by atoms with Gasteiger partial charge in [0.25, 0.3) is 5.56 Å². The molecule has 0 spiro atoms. The first-order valence-corrected chi connectivity index (χ1v) is 9.69. The number of aromatic nitrogens is 7. The molecule has 5 rings (SSSR count). The van der Waals surface area contributed by atoms with Gasteiger partial charge in [-0.3, -0.25) is 13.8 Å². The minimum atomic E-state index is -0.0797. The van der Waals surface area contributed by atoms with Crippen molar-refractivity contribution in [2.75, 3.05) is 5.84 Å². The SMILES string of the molecule is Cn1c(=O)c2sccc2n2c(CSc3nnc(-c4ccco4)n3N)nnc12. The van der Waals surface area contributed by atoms with Crippen LogP contribution in [0.2, 0.25) is 0 Å². The van der Waals surface area contributed by atoms with E-state index in [0.29, 0.717) is 38.8 Å². The molecule has 0 radical (unpaired) electrons. The van der Waals surface area contributed by atoms with Gasteiger partial charge in [-0.15, -0.1) is 31.7 Å². The first-order chi connectivity index (χ1) is 13.1. The topological polar surface area (TPSA) is 122 Å². The van der Waals surface area contributed by atoms with Crippen LogP contribution in [-0.4, -0.2) is 34.0 Å². The molecule has 0 saturated carbocycles. The van der Waals surface area contributed by atoms with Crippen molar-refractivity contribution in [3.05, 3.63) is 46.0 Å². The van der Waals surface area contributed by atoms with Gasteiger partial charge in [0.15, 0.2) is 5.76 Å². The average Bonchev–Trinajstić information content (AvgIpc) is 3.43. The molecule has 10 nitrogen and oxygen atoms in total. The van der Waals surface area contributed by atoms with Crippen molar-refractivity contribution in [3.63, 3.8) is 0 Å². The fraction of sp³-hybridized carbons (Fsp3) is 0.133. The molecule has 0 aliphatic rings. The summed E-state index contributed by atoms with van der Waals surface area (Å²) in [6.45, 7) is 0. The number of nitrogens with two attached hydrogens (primary N) is 1. The molecule has 0 atom stereocenters. The molecule has 0 fully saturated rings. The largest absolute Gasteiger partial charge is 0.461 e. The Morgan fingerprint density at radius 1 is 1.26 bits per heavy atom. The molecule has 27 heavy (non-hydrogen) atoms. The van der Waals surface area contributed by atoms with E-state index in [0.717, 1.165) is 5.52 Å². The third-order valence-electron chi connectivity index (χ3n) is 4.13. The van der Waals surface area contributed by atoms with Crippen LogP contribution in [0.15, 0.2) is 44.2 Å². The zero-order valence-corrected chi connectivity index (χ0v) is 15.6. The highest BCUT2D eigenvalue weighted by atomic mass is 32.2. The molecule has 5 heterocycles. The van der Waals surface area contributed by atoms with Crippen molar-refractivity contribution in [1.29, 1.82) is 0 Å². The number of fused-ring (bicyclic) bond motifs is 3. The summed E-state index contributed by atoms with van der Waals surface area (Å²) in [5.74, 6) is 8.71. The first kappa shape index (κ1) is 16.1. The molecule has 0 saturated heterocycles. The minimum absolute atomic E-state index is 0.0797. The lowest BCUT2D eigenvalue weighted by Gasteiger charge is -2.05. The fourth-order valence-corrected chi connectivity index (χ4v) is 4.44. The van der Waals surface area contributed by atoms with Gasteiger partial charge in [-0.2, -0.15) is 0 Å². The number of rotatable bonds is 4. The minimum Gasteiger partial charge on any atom is -0.461 e. The number of thioether (sulfide) groups is 1. The van der Waals surface area contributed by atoms with E-state index < -0.39 is 0 Å². The summed E-state index contributed by atoms with van der Waals surface area (Å²) < 4.78 is 10.7. The molecule has 0 amide bonds. The summed E-state index contributed by atoms with van der Waals surface area (Å²) in [4.78, 5) is 12.4. The Morgan fingerprint density at radius 3 is 2.96 bits per heavy atom. The highest BCUT2D eigenvalue weighted by Crippen LogP contribution is 2.26.